The molecule has 92 valence electrons. The second-order valence-electron chi connectivity index (χ2n) is 3.97. The summed E-state index contributed by atoms with van der Waals surface area (Å²) in [6, 6.07) is 5.74. The van der Waals surface area contributed by atoms with E-state index in [1.165, 1.54) is 12.1 Å². The van der Waals surface area contributed by atoms with Gasteiger partial charge in [0.2, 0.25) is 0 Å². The zero-order valence-electron chi connectivity index (χ0n) is 9.47. The van der Waals surface area contributed by atoms with Crippen LogP contribution in [0.3, 0.4) is 0 Å². The lowest BCUT2D eigenvalue weighted by molar-refractivity contribution is 0.174. The number of carbonyl (C=O) groups excluding carboxylic acids is 1. The molecule has 17 heavy (non-hydrogen) atoms. The summed E-state index contributed by atoms with van der Waals surface area (Å²) < 4.78 is 12.8. The summed E-state index contributed by atoms with van der Waals surface area (Å²) in [5, 5.41) is 8.87. The van der Waals surface area contributed by atoms with Crippen LogP contribution in [0, 0.1) is 5.82 Å². The number of hydrogen-bond donors (Lipinski definition) is 1. The fourth-order valence-electron chi connectivity index (χ4n) is 1.97. The molecule has 5 heteroatoms. The Hall–Kier alpha value is -1.62. The highest BCUT2D eigenvalue weighted by Gasteiger charge is 2.25. The molecular weight excluding hydrogens is 223 g/mol. The topological polar surface area (TPSA) is 43.8 Å². The van der Waals surface area contributed by atoms with Crippen LogP contribution in [0.15, 0.2) is 24.3 Å². The van der Waals surface area contributed by atoms with E-state index in [-0.39, 0.29) is 18.5 Å². The molecule has 1 fully saturated rings. The maximum Gasteiger partial charge on any atom is 0.324 e. The summed E-state index contributed by atoms with van der Waals surface area (Å²) in [5.41, 5.74) is 0.694. The molecular formula is C12H15FN2O2. The van der Waals surface area contributed by atoms with Crippen molar-refractivity contribution in [2.24, 2.45) is 0 Å². The van der Waals surface area contributed by atoms with Crippen LogP contribution in [-0.4, -0.2) is 42.3 Å². The predicted octanol–water partition coefficient (Wildman–Crippen LogP) is 1.45. The molecule has 1 N–H and O–H groups in total. The highest BCUT2D eigenvalue weighted by Crippen LogP contribution is 2.20. The zero-order chi connectivity index (χ0) is 12.3. The smallest absolute Gasteiger partial charge is 0.324 e. The molecule has 1 heterocycles. The molecule has 0 unspecified atom stereocenters. The van der Waals surface area contributed by atoms with E-state index in [2.05, 4.69) is 0 Å². The van der Waals surface area contributed by atoms with Crippen molar-refractivity contribution < 1.29 is 14.3 Å². The molecule has 2 rings (SSSR count). The second-order valence-corrected chi connectivity index (χ2v) is 3.97. The largest absolute Gasteiger partial charge is 0.395 e. The van der Waals surface area contributed by atoms with Crippen molar-refractivity contribution in [3.8, 4) is 0 Å². The Bertz CT molecular complexity index is 392. The predicted molar refractivity (Wildman–Crippen MR) is 62.4 cm³/mol. The molecule has 0 saturated carbocycles. The molecule has 0 atom stereocenters. The van der Waals surface area contributed by atoms with Gasteiger partial charge in [-0.15, -0.1) is 0 Å². The molecule has 0 aliphatic carbocycles. The maximum absolute atomic E-state index is 12.8. The summed E-state index contributed by atoms with van der Waals surface area (Å²) in [5.74, 6) is -0.314. The van der Waals surface area contributed by atoms with E-state index in [0.29, 0.717) is 25.3 Å². The normalized spacial score (nSPS) is 16.5. The number of β-amino-alcohol motifs (C(OH)–C–C–N with tert-alkyl or cyclic N) is 1. The third kappa shape index (κ3) is 2.55. The quantitative estimate of drug-likeness (QED) is 0.866. The minimum atomic E-state index is -0.314. The number of rotatable bonds is 3. The van der Waals surface area contributed by atoms with Crippen molar-refractivity contribution in [1.29, 1.82) is 0 Å². The zero-order valence-corrected chi connectivity index (χ0v) is 9.47. The molecule has 2 amide bonds. The van der Waals surface area contributed by atoms with E-state index in [9.17, 15) is 9.18 Å². The van der Waals surface area contributed by atoms with Gasteiger partial charge in [-0.25, -0.2) is 9.18 Å². The van der Waals surface area contributed by atoms with Crippen LogP contribution in [0.5, 0.6) is 0 Å². The third-order valence-electron chi connectivity index (χ3n) is 2.82. The van der Waals surface area contributed by atoms with Gasteiger partial charge in [0.25, 0.3) is 0 Å². The van der Waals surface area contributed by atoms with Gasteiger partial charge in [0, 0.05) is 25.3 Å². The molecule has 0 radical (unpaired) electrons. The summed E-state index contributed by atoms with van der Waals surface area (Å²) >= 11 is 0. The first-order valence-corrected chi connectivity index (χ1v) is 5.65. The Morgan fingerprint density at radius 3 is 2.59 bits per heavy atom. The average Bonchev–Trinajstić information content (AvgIpc) is 2.34. The Kier molecular flexibility index (Phi) is 3.58. The van der Waals surface area contributed by atoms with E-state index >= 15 is 0 Å². The van der Waals surface area contributed by atoms with Gasteiger partial charge in [-0.2, -0.15) is 0 Å². The number of nitrogens with zero attached hydrogens (tertiary/aromatic N) is 2. The minimum Gasteiger partial charge on any atom is -0.395 e. The van der Waals surface area contributed by atoms with E-state index in [0.717, 1.165) is 6.42 Å². The van der Waals surface area contributed by atoms with Gasteiger partial charge in [0.15, 0.2) is 0 Å². The number of halogens is 1. The molecule has 1 aromatic carbocycles. The van der Waals surface area contributed by atoms with Crippen LogP contribution >= 0.6 is 0 Å². The van der Waals surface area contributed by atoms with Gasteiger partial charge in [0.05, 0.1) is 6.61 Å². The maximum atomic E-state index is 12.8. The van der Waals surface area contributed by atoms with Crippen molar-refractivity contribution in [2.75, 3.05) is 31.1 Å². The molecule has 1 aliphatic rings. The van der Waals surface area contributed by atoms with Crippen LogP contribution < -0.4 is 4.90 Å². The fraction of sp³-hybridized carbons (Fsp3) is 0.417. The minimum absolute atomic E-state index is 0.0387. The number of urea groups is 1. The SMILES string of the molecule is O=C1N(CCO)CCCN1c1ccc(F)cc1. The Morgan fingerprint density at radius 1 is 1.24 bits per heavy atom. The number of hydrogen-bond acceptors (Lipinski definition) is 2. The lowest BCUT2D eigenvalue weighted by atomic mass is 10.2. The molecule has 4 nitrogen and oxygen atoms in total. The fourth-order valence-corrected chi connectivity index (χ4v) is 1.97. The third-order valence-corrected chi connectivity index (χ3v) is 2.82. The number of aliphatic hydroxyl groups excluding tert-OH is 1. The van der Waals surface area contributed by atoms with Crippen molar-refractivity contribution >= 4 is 11.7 Å². The Labute approximate surface area is 99.3 Å². The molecule has 1 aromatic rings. The van der Waals surface area contributed by atoms with Crippen LogP contribution in [-0.2, 0) is 0 Å². The van der Waals surface area contributed by atoms with Crippen LogP contribution in [0.4, 0.5) is 14.9 Å². The summed E-state index contributed by atoms with van der Waals surface area (Å²) in [7, 11) is 0. The van der Waals surface area contributed by atoms with Crippen LogP contribution in [0.25, 0.3) is 0 Å². The molecule has 0 bridgehead atoms. The highest BCUT2D eigenvalue weighted by atomic mass is 19.1. The van der Waals surface area contributed by atoms with Crippen LogP contribution in [0.2, 0.25) is 0 Å². The lowest BCUT2D eigenvalue weighted by Crippen LogP contribution is -2.50. The van der Waals surface area contributed by atoms with Gasteiger partial charge in [0.1, 0.15) is 5.82 Å². The van der Waals surface area contributed by atoms with Gasteiger partial charge in [-0.05, 0) is 30.7 Å². The van der Waals surface area contributed by atoms with Crippen molar-refractivity contribution in [2.45, 2.75) is 6.42 Å². The average molecular weight is 238 g/mol. The molecule has 0 spiro atoms. The van der Waals surface area contributed by atoms with Gasteiger partial charge < -0.3 is 10.0 Å². The molecule has 0 aromatic heterocycles. The Balaban J connectivity index is 2.14. The van der Waals surface area contributed by atoms with Gasteiger partial charge >= 0.3 is 6.03 Å². The van der Waals surface area contributed by atoms with Crippen LogP contribution in [0.1, 0.15) is 6.42 Å². The number of amides is 2. The Morgan fingerprint density at radius 2 is 1.94 bits per heavy atom. The first-order chi connectivity index (χ1) is 8.22. The number of aliphatic hydroxyl groups is 1. The van der Waals surface area contributed by atoms with E-state index < -0.39 is 0 Å². The highest BCUT2D eigenvalue weighted by molar-refractivity contribution is 5.92. The van der Waals surface area contributed by atoms with E-state index in [1.807, 2.05) is 0 Å². The van der Waals surface area contributed by atoms with Gasteiger partial charge in [-0.3, -0.25) is 4.90 Å². The monoisotopic (exact) mass is 238 g/mol. The first kappa shape index (κ1) is 11.9. The van der Waals surface area contributed by atoms with Crippen molar-refractivity contribution in [3.63, 3.8) is 0 Å². The lowest BCUT2D eigenvalue weighted by Gasteiger charge is -2.35. The molecule has 1 aliphatic heterocycles. The number of carbonyl (C=O) groups is 1. The summed E-state index contributed by atoms with van der Waals surface area (Å²) in [4.78, 5) is 15.3. The number of anilines is 1. The van der Waals surface area contributed by atoms with Gasteiger partial charge in [-0.1, -0.05) is 0 Å². The van der Waals surface area contributed by atoms with E-state index in [1.54, 1.807) is 21.9 Å². The van der Waals surface area contributed by atoms with E-state index in [4.69, 9.17) is 5.11 Å². The number of benzene rings is 1. The summed E-state index contributed by atoms with van der Waals surface area (Å²) in [6.45, 7) is 1.60. The molecule has 1 saturated heterocycles. The first-order valence-electron chi connectivity index (χ1n) is 5.65. The van der Waals surface area contributed by atoms with Crippen molar-refractivity contribution in [3.05, 3.63) is 30.1 Å². The second kappa shape index (κ2) is 5.14. The summed E-state index contributed by atoms with van der Waals surface area (Å²) in [6.07, 6.45) is 0.850. The standard InChI is InChI=1S/C12H15FN2O2/c13-10-2-4-11(5-3-10)15-7-1-6-14(8-9-16)12(15)17/h2-5,16H,1,6-9H2. The van der Waals surface area contributed by atoms with Crippen molar-refractivity contribution in [1.82, 2.24) is 4.90 Å².